The van der Waals surface area contributed by atoms with Gasteiger partial charge in [0, 0.05) is 11.8 Å². The third-order valence-corrected chi connectivity index (χ3v) is 4.75. The highest BCUT2D eigenvalue weighted by Gasteiger charge is 2.10. The van der Waals surface area contributed by atoms with Gasteiger partial charge < -0.3 is 0 Å². The van der Waals surface area contributed by atoms with Crippen molar-refractivity contribution in [2.24, 2.45) is 11.8 Å². The molecule has 0 bridgehead atoms. The van der Waals surface area contributed by atoms with Gasteiger partial charge in [0.1, 0.15) is 0 Å². The number of rotatable bonds is 10. The van der Waals surface area contributed by atoms with Gasteiger partial charge in [0.15, 0.2) is 0 Å². The summed E-state index contributed by atoms with van der Waals surface area (Å²) >= 11 is 11.9. The lowest BCUT2D eigenvalue weighted by atomic mass is 9.92. The molecule has 21 heavy (non-hydrogen) atoms. The zero-order chi connectivity index (χ0) is 15.7. The lowest BCUT2D eigenvalue weighted by molar-refractivity contribution is 0.456. The number of halogens is 2. The van der Waals surface area contributed by atoms with Crippen LogP contribution in [0.15, 0.2) is 24.3 Å². The molecule has 0 nitrogen and oxygen atoms in total. The van der Waals surface area contributed by atoms with Gasteiger partial charge >= 0.3 is 0 Å². The second-order valence-electron chi connectivity index (χ2n) is 6.70. The summed E-state index contributed by atoms with van der Waals surface area (Å²) in [6.07, 6.45) is 6.16. The van der Waals surface area contributed by atoms with E-state index in [4.69, 9.17) is 23.2 Å². The highest BCUT2D eigenvalue weighted by atomic mass is 35.5. The van der Waals surface area contributed by atoms with Crippen molar-refractivity contribution in [1.82, 2.24) is 0 Å². The topological polar surface area (TPSA) is 0 Å². The quantitative estimate of drug-likeness (QED) is 0.422. The van der Waals surface area contributed by atoms with E-state index in [0.717, 1.165) is 18.3 Å². The summed E-state index contributed by atoms with van der Waals surface area (Å²) in [5, 5.41) is 0. The summed E-state index contributed by atoms with van der Waals surface area (Å²) in [4.78, 5) is 0. The van der Waals surface area contributed by atoms with E-state index in [1.807, 2.05) is 0 Å². The molecule has 0 amide bonds. The van der Waals surface area contributed by atoms with Gasteiger partial charge in [-0.3, -0.25) is 0 Å². The van der Waals surface area contributed by atoms with Crippen LogP contribution in [0.5, 0.6) is 0 Å². The van der Waals surface area contributed by atoms with Gasteiger partial charge in [-0.2, -0.15) is 0 Å². The zero-order valence-corrected chi connectivity index (χ0v) is 15.3. The Kier molecular flexibility index (Phi) is 9.44. The molecular weight excluding hydrogens is 299 g/mol. The molecule has 0 saturated heterocycles. The molecule has 0 heterocycles. The van der Waals surface area contributed by atoms with Crippen molar-refractivity contribution in [3.8, 4) is 0 Å². The van der Waals surface area contributed by atoms with Crippen molar-refractivity contribution in [3.05, 3.63) is 35.4 Å². The summed E-state index contributed by atoms with van der Waals surface area (Å²) < 4.78 is 0. The van der Waals surface area contributed by atoms with Gasteiger partial charge in [0.2, 0.25) is 0 Å². The molecule has 0 spiro atoms. The monoisotopic (exact) mass is 328 g/mol. The smallest absolute Gasteiger partial charge is 0.0292 e. The molecular formula is C19H30Cl2. The Hall–Kier alpha value is -0.200. The maximum Gasteiger partial charge on any atom is 0.0292 e. The molecule has 1 aromatic carbocycles. The molecule has 0 aliphatic carbocycles. The van der Waals surface area contributed by atoms with Crippen LogP contribution in [-0.2, 0) is 6.42 Å². The van der Waals surface area contributed by atoms with Crippen LogP contribution >= 0.6 is 23.2 Å². The van der Waals surface area contributed by atoms with Crippen molar-refractivity contribution in [2.75, 3.05) is 11.8 Å². The molecule has 2 atom stereocenters. The van der Waals surface area contributed by atoms with Gasteiger partial charge in [-0.25, -0.2) is 0 Å². The van der Waals surface area contributed by atoms with Gasteiger partial charge in [-0.15, -0.1) is 23.2 Å². The third kappa shape index (κ3) is 7.56. The normalized spacial score (nSPS) is 14.4. The van der Waals surface area contributed by atoms with Crippen molar-refractivity contribution in [3.63, 3.8) is 0 Å². The standard InChI is InChI=1S/C19H30Cl2/c1-15(2)5-4-6-16(3)13-17-7-9-18(10-8-17)19(14-21)11-12-20/h7-10,15-16,19H,4-6,11-14H2,1-3H3. The minimum absolute atomic E-state index is 0.390. The van der Waals surface area contributed by atoms with Crippen molar-refractivity contribution < 1.29 is 0 Å². The fourth-order valence-electron chi connectivity index (χ4n) is 2.77. The van der Waals surface area contributed by atoms with E-state index >= 15 is 0 Å². The average molecular weight is 329 g/mol. The van der Waals surface area contributed by atoms with Gasteiger partial charge in [-0.1, -0.05) is 64.3 Å². The lowest BCUT2D eigenvalue weighted by Gasteiger charge is -2.15. The Labute approximate surface area is 141 Å². The minimum atomic E-state index is 0.390. The molecule has 1 aromatic rings. The molecule has 0 aliphatic heterocycles. The summed E-state index contributed by atoms with van der Waals surface area (Å²) in [6.45, 7) is 6.97. The van der Waals surface area contributed by atoms with E-state index in [2.05, 4.69) is 45.0 Å². The first kappa shape index (κ1) is 18.8. The molecule has 0 saturated carbocycles. The maximum atomic E-state index is 6.03. The number of hydrogen-bond donors (Lipinski definition) is 0. The third-order valence-electron chi connectivity index (χ3n) is 4.16. The van der Waals surface area contributed by atoms with E-state index in [-0.39, 0.29) is 0 Å². The first-order chi connectivity index (χ1) is 10.1. The number of hydrogen-bond acceptors (Lipinski definition) is 0. The summed E-state index contributed by atoms with van der Waals surface area (Å²) in [6, 6.07) is 9.00. The SMILES string of the molecule is CC(C)CCCC(C)Cc1ccc(C(CCl)CCCl)cc1. The van der Waals surface area contributed by atoms with Crippen LogP contribution < -0.4 is 0 Å². The Bertz CT molecular complexity index is 370. The first-order valence-corrected chi connectivity index (χ1v) is 9.34. The largest absolute Gasteiger partial charge is 0.127 e. The predicted octanol–water partition coefficient (Wildman–Crippen LogP) is 6.64. The van der Waals surface area contributed by atoms with Crippen LogP contribution in [0.2, 0.25) is 0 Å². The van der Waals surface area contributed by atoms with Crippen molar-refractivity contribution in [1.29, 1.82) is 0 Å². The fourth-order valence-corrected chi connectivity index (χ4v) is 3.37. The van der Waals surface area contributed by atoms with E-state index in [9.17, 15) is 0 Å². The predicted molar refractivity (Wildman–Crippen MR) is 96.8 cm³/mol. The Morgan fingerprint density at radius 3 is 2.10 bits per heavy atom. The zero-order valence-electron chi connectivity index (χ0n) is 13.7. The molecule has 0 aliphatic rings. The van der Waals surface area contributed by atoms with Crippen LogP contribution in [0, 0.1) is 11.8 Å². The molecule has 2 heteroatoms. The molecule has 0 aromatic heterocycles. The number of alkyl halides is 2. The summed E-state index contributed by atoms with van der Waals surface area (Å²) in [7, 11) is 0. The van der Waals surface area contributed by atoms with Gasteiger partial charge in [0.05, 0.1) is 0 Å². The van der Waals surface area contributed by atoms with E-state index in [1.165, 1.54) is 36.8 Å². The summed E-state index contributed by atoms with van der Waals surface area (Å²) in [5.41, 5.74) is 2.76. The molecule has 0 N–H and O–H groups in total. The van der Waals surface area contributed by atoms with Crippen LogP contribution in [-0.4, -0.2) is 11.8 Å². The highest BCUT2D eigenvalue weighted by molar-refractivity contribution is 6.19. The molecule has 0 fully saturated rings. The van der Waals surface area contributed by atoms with Gasteiger partial charge in [-0.05, 0) is 41.7 Å². The highest BCUT2D eigenvalue weighted by Crippen LogP contribution is 2.23. The lowest BCUT2D eigenvalue weighted by Crippen LogP contribution is -2.03. The number of benzene rings is 1. The van der Waals surface area contributed by atoms with E-state index < -0.39 is 0 Å². The van der Waals surface area contributed by atoms with E-state index in [0.29, 0.717) is 17.7 Å². The summed E-state index contributed by atoms with van der Waals surface area (Å²) in [5.74, 6) is 3.30. The average Bonchev–Trinajstić information content (AvgIpc) is 2.45. The van der Waals surface area contributed by atoms with Crippen molar-refractivity contribution in [2.45, 2.75) is 58.8 Å². The van der Waals surface area contributed by atoms with E-state index in [1.54, 1.807) is 0 Å². The second-order valence-corrected chi connectivity index (χ2v) is 7.39. The van der Waals surface area contributed by atoms with Crippen LogP contribution in [0.4, 0.5) is 0 Å². The van der Waals surface area contributed by atoms with Crippen LogP contribution in [0.3, 0.4) is 0 Å². The molecule has 1 rings (SSSR count). The Morgan fingerprint density at radius 1 is 0.905 bits per heavy atom. The van der Waals surface area contributed by atoms with Gasteiger partial charge in [0.25, 0.3) is 0 Å². The maximum absolute atomic E-state index is 6.03. The Morgan fingerprint density at radius 2 is 1.57 bits per heavy atom. The molecule has 120 valence electrons. The molecule has 2 unspecified atom stereocenters. The second kappa shape index (κ2) is 10.5. The Balaban J connectivity index is 2.46. The molecule has 0 radical (unpaired) electrons. The van der Waals surface area contributed by atoms with Crippen LogP contribution in [0.1, 0.15) is 63.5 Å². The van der Waals surface area contributed by atoms with Crippen molar-refractivity contribution >= 4 is 23.2 Å². The fraction of sp³-hybridized carbons (Fsp3) is 0.684. The minimum Gasteiger partial charge on any atom is -0.127 e. The van der Waals surface area contributed by atoms with Crippen LogP contribution in [0.25, 0.3) is 0 Å². The first-order valence-electron chi connectivity index (χ1n) is 8.27.